The summed E-state index contributed by atoms with van der Waals surface area (Å²) in [6.07, 6.45) is 1.76. The molecule has 0 aromatic heterocycles. The van der Waals surface area contributed by atoms with Crippen LogP contribution in [0.25, 0.3) is 6.08 Å². The van der Waals surface area contributed by atoms with Gasteiger partial charge in [0.1, 0.15) is 10.4 Å². The average molecular weight is 415 g/mol. The molecule has 0 unspecified atom stereocenters. The lowest BCUT2D eigenvalue weighted by Crippen LogP contribution is -2.45. The normalized spacial score (nSPS) is 16.5. The van der Waals surface area contributed by atoms with E-state index in [1.165, 1.54) is 13.2 Å². The number of nitrogens with zero attached hydrogens (tertiary/aromatic N) is 1. The first-order chi connectivity index (χ1) is 13.4. The lowest BCUT2D eigenvalue weighted by molar-refractivity contribution is -0.145. The fourth-order valence-electron chi connectivity index (χ4n) is 2.81. The molecule has 2 aromatic carbocycles. The highest BCUT2D eigenvalue weighted by Crippen LogP contribution is 2.36. The van der Waals surface area contributed by atoms with Crippen molar-refractivity contribution in [1.29, 1.82) is 0 Å². The van der Waals surface area contributed by atoms with Crippen molar-refractivity contribution in [2.45, 2.75) is 12.5 Å². The smallest absolute Gasteiger partial charge is 0.327 e. The molecular formula is C20H17NO5S2. The number of aromatic hydroxyl groups is 1. The van der Waals surface area contributed by atoms with Crippen LogP contribution in [0.4, 0.5) is 0 Å². The number of thiocarbonyl (C=S) groups is 1. The third kappa shape index (κ3) is 4.18. The van der Waals surface area contributed by atoms with E-state index < -0.39 is 17.9 Å². The maximum Gasteiger partial charge on any atom is 0.327 e. The SMILES string of the molecule is COc1cc(/C=C2/SC(=S)N([C@H](Cc3ccccc3)C(=O)O)C2=O)ccc1O. The van der Waals surface area contributed by atoms with Crippen molar-refractivity contribution >= 4 is 46.3 Å². The first kappa shape index (κ1) is 19.9. The molecule has 0 aliphatic carbocycles. The molecule has 1 amide bonds. The molecule has 144 valence electrons. The Morgan fingerprint density at radius 3 is 2.64 bits per heavy atom. The van der Waals surface area contributed by atoms with Gasteiger partial charge in [-0.05, 0) is 29.3 Å². The van der Waals surface area contributed by atoms with Gasteiger partial charge < -0.3 is 14.9 Å². The summed E-state index contributed by atoms with van der Waals surface area (Å²) in [6, 6.07) is 12.7. The zero-order chi connectivity index (χ0) is 20.3. The third-order valence-electron chi connectivity index (χ3n) is 4.19. The Morgan fingerprint density at radius 1 is 1.29 bits per heavy atom. The molecule has 0 saturated carbocycles. The summed E-state index contributed by atoms with van der Waals surface area (Å²) in [5.74, 6) is -1.31. The number of carboxylic acids is 1. The summed E-state index contributed by atoms with van der Waals surface area (Å²) in [5, 5.41) is 19.4. The molecule has 1 heterocycles. The highest BCUT2D eigenvalue weighted by Gasteiger charge is 2.40. The molecule has 1 saturated heterocycles. The van der Waals surface area contributed by atoms with Crippen LogP contribution in [0, 0.1) is 0 Å². The standard InChI is InChI=1S/C20H17NO5S2/c1-26-16-10-13(7-8-15(16)22)11-17-18(23)21(20(27)28-17)14(19(24)25)9-12-5-3-2-4-6-12/h2-8,10-11,14,22H,9H2,1H3,(H,24,25)/b17-11+/t14-/m1/s1. The van der Waals surface area contributed by atoms with E-state index in [9.17, 15) is 19.8 Å². The summed E-state index contributed by atoms with van der Waals surface area (Å²) in [4.78, 5) is 26.2. The van der Waals surface area contributed by atoms with Crippen LogP contribution in [-0.4, -0.2) is 44.5 Å². The maximum atomic E-state index is 12.9. The largest absolute Gasteiger partial charge is 0.504 e. The summed E-state index contributed by atoms with van der Waals surface area (Å²) >= 11 is 6.34. The van der Waals surface area contributed by atoms with Crippen molar-refractivity contribution in [3.8, 4) is 11.5 Å². The second kappa shape index (κ2) is 8.45. The van der Waals surface area contributed by atoms with E-state index in [0.717, 1.165) is 22.2 Å². The molecule has 1 aliphatic rings. The minimum Gasteiger partial charge on any atom is -0.504 e. The van der Waals surface area contributed by atoms with Gasteiger partial charge in [-0.15, -0.1) is 0 Å². The Bertz CT molecular complexity index is 958. The van der Waals surface area contributed by atoms with E-state index in [0.29, 0.717) is 10.5 Å². The number of amides is 1. The Kier molecular flexibility index (Phi) is 6.01. The van der Waals surface area contributed by atoms with Crippen molar-refractivity contribution < 1.29 is 24.5 Å². The van der Waals surface area contributed by atoms with Crippen molar-refractivity contribution in [2.24, 2.45) is 0 Å². The van der Waals surface area contributed by atoms with Crippen LogP contribution in [0.15, 0.2) is 53.4 Å². The van der Waals surface area contributed by atoms with Gasteiger partial charge in [-0.3, -0.25) is 9.69 Å². The van der Waals surface area contributed by atoms with Gasteiger partial charge in [0.25, 0.3) is 5.91 Å². The Balaban J connectivity index is 1.88. The molecule has 0 spiro atoms. The number of thioether (sulfide) groups is 1. The van der Waals surface area contributed by atoms with Crippen LogP contribution in [0.5, 0.6) is 11.5 Å². The minimum absolute atomic E-state index is 0.0130. The van der Waals surface area contributed by atoms with Gasteiger partial charge in [-0.2, -0.15) is 0 Å². The number of benzene rings is 2. The summed E-state index contributed by atoms with van der Waals surface area (Å²) < 4.78 is 5.27. The quantitative estimate of drug-likeness (QED) is 0.553. The van der Waals surface area contributed by atoms with Crippen LogP contribution >= 0.6 is 24.0 Å². The lowest BCUT2D eigenvalue weighted by Gasteiger charge is -2.23. The fourth-order valence-corrected chi connectivity index (χ4v) is 4.17. The molecule has 0 bridgehead atoms. The molecule has 8 heteroatoms. The van der Waals surface area contributed by atoms with E-state index in [4.69, 9.17) is 17.0 Å². The van der Waals surface area contributed by atoms with Gasteiger partial charge in [0.15, 0.2) is 11.5 Å². The van der Waals surface area contributed by atoms with Crippen molar-refractivity contribution in [2.75, 3.05) is 7.11 Å². The molecule has 28 heavy (non-hydrogen) atoms. The first-order valence-corrected chi connectivity index (χ1v) is 9.54. The predicted octanol–water partition coefficient (Wildman–Crippen LogP) is 3.30. The Hall–Kier alpha value is -2.84. The summed E-state index contributed by atoms with van der Waals surface area (Å²) in [7, 11) is 1.43. The number of rotatable bonds is 6. The number of phenolic OH excluding ortho intramolecular Hbond substituents is 1. The van der Waals surface area contributed by atoms with Gasteiger partial charge in [0, 0.05) is 6.42 Å². The molecule has 2 aromatic rings. The number of hydrogen-bond donors (Lipinski definition) is 2. The molecule has 1 aliphatic heterocycles. The van der Waals surface area contributed by atoms with Gasteiger partial charge in [0.2, 0.25) is 0 Å². The lowest BCUT2D eigenvalue weighted by atomic mass is 10.0. The second-order valence-corrected chi connectivity index (χ2v) is 7.70. The van der Waals surface area contributed by atoms with Gasteiger partial charge >= 0.3 is 5.97 Å². The topological polar surface area (TPSA) is 87.1 Å². The highest BCUT2D eigenvalue weighted by molar-refractivity contribution is 8.26. The third-order valence-corrected chi connectivity index (χ3v) is 5.52. The van der Waals surface area contributed by atoms with Crippen molar-refractivity contribution in [3.63, 3.8) is 0 Å². The van der Waals surface area contributed by atoms with E-state index >= 15 is 0 Å². The van der Waals surface area contributed by atoms with E-state index in [2.05, 4.69) is 0 Å². The predicted molar refractivity (Wildman–Crippen MR) is 111 cm³/mol. The monoisotopic (exact) mass is 415 g/mol. The van der Waals surface area contributed by atoms with Gasteiger partial charge in [0.05, 0.1) is 12.0 Å². The van der Waals surface area contributed by atoms with Crippen molar-refractivity contribution in [1.82, 2.24) is 4.90 Å². The Morgan fingerprint density at radius 2 is 2.00 bits per heavy atom. The van der Waals surface area contributed by atoms with E-state index in [-0.39, 0.29) is 22.2 Å². The zero-order valence-electron chi connectivity index (χ0n) is 14.9. The second-order valence-electron chi connectivity index (χ2n) is 6.03. The molecule has 3 rings (SSSR count). The first-order valence-electron chi connectivity index (χ1n) is 8.31. The molecular weight excluding hydrogens is 398 g/mol. The van der Waals surface area contributed by atoms with Gasteiger partial charge in [-0.1, -0.05) is 60.4 Å². The van der Waals surface area contributed by atoms with Crippen molar-refractivity contribution in [3.05, 3.63) is 64.6 Å². The van der Waals surface area contributed by atoms with Crippen LogP contribution in [0.1, 0.15) is 11.1 Å². The van der Waals surface area contributed by atoms with Crippen LogP contribution in [-0.2, 0) is 16.0 Å². The number of carbonyl (C=O) groups is 2. The molecule has 2 N–H and O–H groups in total. The number of hydrogen-bond acceptors (Lipinski definition) is 6. The molecule has 6 nitrogen and oxygen atoms in total. The maximum absolute atomic E-state index is 12.9. The molecule has 1 atom stereocenters. The number of carboxylic acid groups (broad SMARTS) is 1. The number of carbonyl (C=O) groups excluding carboxylic acids is 1. The Labute approximate surface area is 171 Å². The average Bonchev–Trinajstić information content (AvgIpc) is 2.95. The number of ether oxygens (including phenoxy) is 1. The molecule has 0 radical (unpaired) electrons. The zero-order valence-corrected chi connectivity index (χ0v) is 16.5. The summed E-state index contributed by atoms with van der Waals surface area (Å²) in [6.45, 7) is 0. The number of aliphatic carboxylic acids is 1. The molecule has 1 fully saturated rings. The van der Waals surface area contributed by atoms with Gasteiger partial charge in [-0.25, -0.2) is 4.79 Å². The van der Waals surface area contributed by atoms with Crippen LogP contribution in [0.3, 0.4) is 0 Å². The number of phenols is 1. The van der Waals surface area contributed by atoms with E-state index in [1.807, 2.05) is 30.3 Å². The highest BCUT2D eigenvalue weighted by atomic mass is 32.2. The fraction of sp³-hybridized carbons (Fsp3) is 0.150. The number of methoxy groups -OCH3 is 1. The summed E-state index contributed by atoms with van der Waals surface area (Å²) in [5.41, 5.74) is 1.43. The van der Waals surface area contributed by atoms with E-state index in [1.54, 1.807) is 18.2 Å². The van der Waals surface area contributed by atoms with Crippen LogP contribution < -0.4 is 4.74 Å². The minimum atomic E-state index is -1.12. The van der Waals surface area contributed by atoms with Crippen LogP contribution in [0.2, 0.25) is 0 Å².